The average Bonchev–Trinajstić information content (AvgIpc) is 3.28. The lowest BCUT2D eigenvalue weighted by atomic mass is 10.0. The third-order valence-corrected chi connectivity index (χ3v) is 12.4. The van der Waals surface area contributed by atoms with E-state index in [1.807, 2.05) is 0 Å². The van der Waals surface area contributed by atoms with Crippen LogP contribution in [0.1, 0.15) is 303 Å². The van der Waals surface area contributed by atoms with Crippen LogP contribution in [0.5, 0.6) is 0 Å². The SMILES string of the molecule is CCCC/C=C\CCCCCCCC(=O)OC[C@H](COC(=O)CCCCCCCCC/C=C\CCCCCCCC)OC(=O)CCCCCCCCCCCCCCCCCCC. The Labute approximate surface area is 392 Å². The molecule has 63 heavy (non-hydrogen) atoms. The monoisotopic (exact) mass is 887 g/mol. The maximum absolute atomic E-state index is 12.8. The molecule has 0 aromatic rings. The van der Waals surface area contributed by atoms with Crippen LogP contribution < -0.4 is 0 Å². The standard InChI is InChI=1S/C57H106O6/c1-4-7-10-13-16-19-22-24-26-28-30-32-35-38-41-44-47-50-56(59)62-53-54(52-61-55(58)49-46-43-40-37-34-21-18-15-12-9-6-3)63-57(60)51-48-45-42-39-36-33-31-29-27-25-23-20-17-14-11-8-5-2/h15,18,24,26,54H,4-14,16-17,19-23,25,27-53H2,1-3H3/b18-15-,26-24-/t54-/m1/s1. The zero-order valence-electron chi connectivity index (χ0n) is 42.4. The lowest BCUT2D eigenvalue weighted by Crippen LogP contribution is -2.30. The normalized spacial score (nSPS) is 12.1. The van der Waals surface area contributed by atoms with Crippen LogP contribution in [0.3, 0.4) is 0 Å². The molecule has 0 N–H and O–H groups in total. The molecule has 0 aromatic heterocycles. The second kappa shape index (κ2) is 52.5. The summed E-state index contributed by atoms with van der Waals surface area (Å²) in [5.41, 5.74) is 0. The van der Waals surface area contributed by atoms with E-state index in [0.29, 0.717) is 19.3 Å². The minimum Gasteiger partial charge on any atom is -0.462 e. The van der Waals surface area contributed by atoms with Gasteiger partial charge in [-0.2, -0.15) is 0 Å². The van der Waals surface area contributed by atoms with Crippen LogP contribution in [0.15, 0.2) is 24.3 Å². The van der Waals surface area contributed by atoms with Gasteiger partial charge in [0.2, 0.25) is 0 Å². The summed E-state index contributed by atoms with van der Waals surface area (Å²) >= 11 is 0. The fourth-order valence-electron chi connectivity index (χ4n) is 8.18. The molecule has 370 valence electrons. The molecule has 0 aromatic carbocycles. The van der Waals surface area contributed by atoms with Gasteiger partial charge in [0, 0.05) is 19.3 Å². The van der Waals surface area contributed by atoms with Crippen LogP contribution in [-0.2, 0) is 28.6 Å². The Bertz CT molecular complexity index is 1020. The summed E-state index contributed by atoms with van der Waals surface area (Å²) in [7, 11) is 0. The molecule has 1 atom stereocenters. The van der Waals surface area contributed by atoms with E-state index >= 15 is 0 Å². The topological polar surface area (TPSA) is 78.9 Å². The van der Waals surface area contributed by atoms with Crippen LogP contribution in [0.25, 0.3) is 0 Å². The number of ether oxygens (including phenoxy) is 3. The first-order valence-corrected chi connectivity index (χ1v) is 27.8. The van der Waals surface area contributed by atoms with Gasteiger partial charge in [0.1, 0.15) is 13.2 Å². The Balaban J connectivity index is 4.31. The van der Waals surface area contributed by atoms with Crippen molar-refractivity contribution in [3.63, 3.8) is 0 Å². The van der Waals surface area contributed by atoms with Crippen LogP contribution in [0, 0.1) is 0 Å². The summed E-state index contributed by atoms with van der Waals surface area (Å²) in [4.78, 5) is 38.0. The highest BCUT2D eigenvalue weighted by atomic mass is 16.6. The van der Waals surface area contributed by atoms with Crippen molar-refractivity contribution in [1.29, 1.82) is 0 Å². The first kappa shape index (κ1) is 60.9. The average molecular weight is 887 g/mol. The van der Waals surface area contributed by atoms with E-state index in [4.69, 9.17) is 14.2 Å². The van der Waals surface area contributed by atoms with Gasteiger partial charge in [0.05, 0.1) is 0 Å². The zero-order chi connectivity index (χ0) is 45.8. The maximum atomic E-state index is 12.8. The zero-order valence-corrected chi connectivity index (χ0v) is 42.4. The summed E-state index contributed by atoms with van der Waals surface area (Å²) in [6, 6.07) is 0. The van der Waals surface area contributed by atoms with Crippen LogP contribution >= 0.6 is 0 Å². The fraction of sp³-hybridized carbons (Fsp3) is 0.877. The molecule has 0 fully saturated rings. The van der Waals surface area contributed by atoms with E-state index in [1.54, 1.807) is 0 Å². The predicted molar refractivity (Wildman–Crippen MR) is 270 cm³/mol. The summed E-state index contributed by atoms with van der Waals surface area (Å²) in [6.45, 7) is 6.63. The minimum absolute atomic E-state index is 0.0722. The van der Waals surface area contributed by atoms with E-state index in [2.05, 4.69) is 45.1 Å². The molecule has 0 aliphatic carbocycles. The van der Waals surface area contributed by atoms with E-state index in [1.165, 1.54) is 199 Å². The Hall–Kier alpha value is -2.11. The molecule has 0 saturated heterocycles. The summed E-state index contributed by atoms with van der Waals surface area (Å²) < 4.78 is 16.8. The van der Waals surface area contributed by atoms with Crippen molar-refractivity contribution in [3.8, 4) is 0 Å². The van der Waals surface area contributed by atoms with Crippen LogP contribution in [0.4, 0.5) is 0 Å². The lowest BCUT2D eigenvalue weighted by molar-refractivity contribution is -0.167. The predicted octanol–water partition coefficient (Wildman–Crippen LogP) is 18.3. The van der Waals surface area contributed by atoms with Crippen molar-refractivity contribution < 1.29 is 28.6 Å². The highest BCUT2D eigenvalue weighted by Crippen LogP contribution is 2.16. The summed E-state index contributed by atoms with van der Waals surface area (Å²) in [5, 5.41) is 0. The highest BCUT2D eigenvalue weighted by Gasteiger charge is 2.19. The van der Waals surface area contributed by atoms with Crippen molar-refractivity contribution in [1.82, 2.24) is 0 Å². The van der Waals surface area contributed by atoms with Crippen LogP contribution in [0.2, 0.25) is 0 Å². The van der Waals surface area contributed by atoms with Crippen molar-refractivity contribution in [2.75, 3.05) is 13.2 Å². The van der Waals surface area contributed by atoms with E-state index in [9.17, 15) is 14.4 Å². The number of unbranched alkanes of at least 4 members (excludes halogenated alkanes) is 36. The Morgan fingerprint density at radius 3 is 0.841 bits per heavy atom. The minimum atomic E-state index is -0.771. The van der Waals surface area contributed by atoms with E-state index in [0.717, 1.165) is 64.2 Å². The molecule has 0 bridgehead atoms. The van der Waals surface area contributed by atoms with Crippen molar-refractivity contribution in [2.45, 2.75) is 309 Å². The Kier molecular flexibility index (Phi) is 50.8. The van der Waals surface area contributed by atoms with Gasteiger partial charge in [-0.1, -0.05) is 244 Å². The Morgan fingerprint density at radius 2 is 0.540 bits per heavy atom. The number of carbonyl (C=O) groups is 3. The van der Waals surface area contributed by atoms with Gasteiger partial charge in [-0.15, -0.1) is 0 Å². The molecule has 0 radical (unpaired) electrons. The number of hydrogen-bond donors (Lipinski definition) is 0. The molecule has 6 heteroatoms. The Morgan fingerprint density at radius 1 is 0.302 bits per heavy atom. The van der Waals surface area contributed by atoms with Gasteiger partial charge in [-0.25, -0.2) is 0 Å². The molecule has 0 aliphatic rings. The summed E-state index contributed by atoms with van der Waals surface area (Å²) in [5.74, 6) is -0.869. The van der Waals surface area contributed by atoms with Gasteiger partial charge in [0.15, 0.2) is 6.10 Å². The third kappa shape index (κ3) is 50.7. The largest absolute Gasteiger partial charge is 0.462 e. The number of carbonyl (C=O) groups excluding carboxylic acids is 3. The molecular weight excluding hydrogens is 781 g/mol. The molecule has 0 aliphatic heterocycles. The van der Waals surface area contributed by atoms with Crippen LogP contribution in [-0.4, -0.2) is 37.2 Å². The number of hydrogen-bond acceptors (Lipinski definition) is 6. The molecule has 0 heterocycles. The van der Waals surface area contributed by atoms with Crippen molar-refractivity contribution in [3.05, 3.63) is 24.3 Å². The third-order valence-electron chi connectivity index (χ3n) is 12.4. The molecular formula is C57H106O6. The van der Waals surface area contributed by atoms with E-state index < -0.39 is 6.10 Å². The van der Waals surface area contributed by atoms with Gasteiger partial charge in [-0.05, 0) is 64.2 Å². The van der Waals surface area contributed by atoms with Gasteiger partial charge >= 0.3 is 17.9 Å². The molecule has 0 amide bonds. The second-order valence-electron chi connectivity index (χ2n) is 18.8. The number of allylic oxidation sites excluding steroid dienone is 4. The molecule has 6 nitrogen and oxygen atoms in total. The fourth-order valence-corrected chi connectivity index (χ4v) is 8.18. The van der Waals surface area contributed by atoms with Gasteiger partial charge in [-0.3, -0.25) is 14.4 Å². The van der Waals surface area contributed by atoms with Gasteiger partial charge < -0.3 is 14.2 Å². The second-order valence-corrected chi connectivity index (χ2v) is 18.8. The smallest absolute Gasteiger partial charge is 0.306 e. The number of esters is 3. The molecule has 0 spiro atoms. The molecule has 0 saturated carbocycles. The number of rotatable bonds is 51. The maximum Gasteiger partial charge on any atom is 0.306 e. The van der Waals surface area contributed by atoms with Crippen molar-refractivity contribution >= 4 is 17.9 Å². The van der Waals surface area contributed by atoms with Crippen molar-refractivity contribution in [2.24, 2.45) is 0 Å². The molecule has 0 unspecified atom stereocenters. The summed E-state index contributed by atoms with van der Waals surface area (Å²) in [6.07, 6.45) is 60.2. The first-order chi connectivity index (χ1) is 31.0. The quantitative estimate of drug-likeness (QED) is 0.0262. The first-order valence-electron chi connectivity index (χ1n) is 27.8. The van der Waals surface area contributed by atoms with Gasteiger partial charge in [0.25, 0.3) is 0 Å². The lowest BCUT2D eigenvalue weighted by Gasteiger charge is -2.18. The molecule has 0 rings (SSSR count). The van der Waals surface area contributed by atoms with E-state index in [-0.39, 0.29) is 31.1 Å². The highest BCUT2D eigenvalue weighted by molar-refractivity contribution is 5.71.